The third-order valence-electron chi connectivity index (χ3n) is 2.37. The fraction of sp³-hybridized carbons (Fsp3) is 0.417. The van der Waals surface area contributed by atoms with Crippen LogP contribution in [0.4, 0.5) is 8.78 Å². The first kappa shape index (κ1) is 13.6. The van der Waals surface area contributed by atoms with Crippen molar-refractivity contribution in [2.45, 2.75) is 19.9 Å². The van der Waals surface area contributed by atoms with Gasteiger partial charge in [0.25, 0.3) is 0 Å². The lowest BCUT2D eigenvalue weighted by Crippen LogP contribution is -2.35. The monoisotopic (exact) mass is 242 g/mol. The topological polar surface area (TPSA) is 41.1 Å². The van der Waals surface area contributed by atoms with Gasteiger partial charge in [-0.15, -0.1) is 0 Å². The number of rotatable bonds is 5. The fourth-order valence-electron chi connectivity index (χ4n) is 1.47. The molecule has 1 rings (SSSR count). The summed E-state index contributed by atoms with van der Waals surface area (Å²) in [6.45, 7) is 4.20. The van der Waals surface area contributed by atoms with Gasteiger partial charge in [0.15, 0.2) is 0 Å². The van der Waals surface area contributed by atoms with Crippen LogP contribution < -0.4 is 10.6 Å². The Bertz CT molecular complexity index is 396. The summed E-state index contributed by atoms with van der Waals surface area (Å²) in [5.41, 5.74) is 0.343. The molecule has 0 aliphatic rings. The minimum absolute atomic E-state index is 0.103. The molecule has 0 aromatic heterocycles. The maximum absolute atomic E-state index is 13.4. The zero-order valence-electron chi connectivity index (χ0n) is 9.89. The number of hydrogen-bond donors (Lipinski definition) is 2. The molecule has 0 bridgehead atoms. The molecule has 0 radical (unpaired) electrons. The van der Waals surface area contributed by atoms with E-state index in [1.165, 1.54) is 12.1 Å². The first-order valence-electron chi connectivity index (χ1n) is 5.49. The van der Waals surface area contributed by atoms with E-state index in [4.69, 9.17) is 0 Å². The highest BCUT2D eigenvalue weighted by Gasteiger charge is 2.12. The molecule has 1 aromatic rings. The molecule has 17 heavy (non-hydrogen) atoms. The van der Waals surface area contributed by atoms with E-state index in [9.17, 15) is 13.6 Å². The number of hydrogen-bond acceptors (Lipinski definition) is 2. The Hall–Kier alpha value is -1.49. The van der Waals surface area contributed by atoms with Crippen LogP contribution in [0.25, 0.3) is 0 Å². The van der Waals surface area contributed by atoms with E-state index < -0.39 is 11.6 Å². The number of benzene rings is 1. The van der Waals surface area contributed by atoms with Crippen molar-refractivity contribution in [2.75, 3.05) is 13.1 Å². The van der Waals surface area contributed by atoms with Gasteiger partial charge in [-0.1, -0.05) is 6.07 Å². The molecule has 1 aromatic carbocycles. The number of nitrogens with one attached hydrogen (secondary N) is 2. The zero-order valence-corrected chi connectivity index (χ0v) is 9.89. The normalized spacial score (nSPS) is 12.2. The van der Waals surface area contributed by atoms with Crippen LogP contribution in [-0.2, 0) is 4.79 Å². The number of likely N-dealkylation sites (N-methyl/N-ethyl adjacent to an activating group) is 1. The summed E-state index contributed by atoms with van der Waals surface area (Å²) in [4.78, 5) is 11.2. The predicted octanol–water partition coefficient (Wildman–Crippen LogP) is 1.75. The molecule has 0 heterocycles. The van der Waals surface area contributed by atoms with Crippen molar-refractivity contribution < 1.29 is 13.6 Å². The van der Waals surface area contributed by atoms with Crippen molar-refractivity contribution in [3.8, 4) is 0 Å². The van der Waals surface area contributed by atoms with Crippen molar-refractivity contribution in [1.29, 1.82) is 0 Å². The van der Waals surface area contributed by atoms with E-state index >= 15 is 0 Å². The summed E-state index contributed by atoms with van der Waals surface area (Å²) in [5.74, 6) is -1.37. The largest absolute Gasteiger partial charge is 0.355 e. The van der Waals surface area contributed by atoms with E-state index in [0.717, 1.165) is 6.07 Å². The van der Waals surface area contributed by atoms with Crippen LogP contribution in [0.15, 0.2) is 18.2 Å². The second kappa shape index (κ2) is 6.30. The van der Waals surface area contributed by atoms with Crippen LogP contribution in [0.3, 0.4) is 0 Å². The van der Waals surface area contributed by atoms with Gasteiger partial charge in [0.05, 0.1) is 6.54 Å². The Balaban J connectivity index is 2.57. The quantitative estimate of drug-likeness (QED) is 0.826. The third-order valence-corrected chi connectivity index (χ3v) is 2.37. The molecule has 1 atom stereocenters. The van der Waals surface area contributed by atoms with Crippen molar-refractivity contribution >= 4 is 5.91 Å². The lowest BCUT2D eigenvalue weighted by atomic mass is 10.1. The average Bonchev–Trinajstić information content (AvgIpc) is 2.26. The molecule has 1 unspecified atom stereocenters. The van der Waals surface area contributed by atoms with E-state index in [-0.39, 0.29) is 18.5 Å². The molecule has 0 saturated heterocycles. The van der Waals surface area contributed by atoms with Gasteiger partial charge in [0.1, 0.15) is 11.6 Å². The van der Waals surface area contributed by atoms with Crippen LogP contribution in [0.2, 0.25) is 0 Å². The van der Waals surface area contributed by atoms with Crippen molar-refractivity contribution in [3.63, 3.8) is 0 Å². The Morgan fingerprint density at radius 2 is 2.12 bits per heavy atom. The summed E-state index contributed by atoms with van der Waals surface area (Å²) >= 11 is 0. The molecule has 3 nitrogen and oxygen atoms in total. The first-order valence-corrected chi connectivity index (χ1v) is 5.49. The van der Waals surface area contributed by atoms with Crippen LogP contribution in [0.1, 0.15) is 25.5 Å². The second-order valence-corrected chi connectivity index (χ2v) is 3.72. The molecule has 0 fully saturated rings. The van der Waals surface area contributed by atoms with Crippen molar-refractivity contribution in [2.24, 2.45) is 0 Å². The molecule has 0 saturated carbocycles. The highest BCUT2D eigenvalue weighted by atomic mass is 19.1. The van der Waals surface area contributed by atoms with Crippen LogP contribution in [-0.4, -0.2) is 19.0 Å². The van der Waals surface area contributed by atoms with Crippen molar-refractivity contribution in [3.05, 3.63) is 35.4 Å². The number of carbonyl (C=O) groups excluding carboxylic acids is 1. The summed E-state index contributed by atoms with van der Waals surface area (Å²) in [6.07, 6.45) is 0. The maximum atomic E-state index is 13.4. The van der Waals surface area contributed by atoms with E-state index in [1.54, 1.807) is 6.92 Å². The molecule has 1 amide bonds. The van der Waals surface area contributed by atoms with Crippen LogP contribution >= 0.6 is 0 Å². The summed E-state index contributed by atoms with van der Waals surface area (Å²) < 4.78 is 26.1. The summed E-state index contributed by atoms with van der Waals surface area (Å²) in [6, 6.07) is 3.06. The average molecular weight is 242 g/mol. The van der Waals surface area contributed by atoms with E-state index in [1.807, 2.05) is 6.92 Å². The number of halogens is 2. The smallest absolute Gasteiger partial charge is 0.233 e. The molecule has 0 aliphatic carbocycles. The molecule has 0 spiro atoms. The Morgan fingerprint density at radius 3 is 2.71 bits per heavy atom. The van der Waals surface area contributed by atoms with Crippen LogP contribution in [0, 0.1) is 11.6 Å². The fourth-order valence-corrected chi connectivity index (χ4v) is 1.47. The van der Waals surface area contributed by atoms with Gasteiger partial charge < -0.3 is 10.6 Å². The van der Waals surface area contributed by atoms with Gasteiger partial charge in [-0.3, -0.25) is 4.79 Å². The molecule has 0 aliphatic heterocycles. The minimum atomic E-state index is -0.610. The predicted molar refractivity (Wildman–Crippen MR) is 61.5 cm³/mol. The highest BCUT2D eigenvalue weighted by molar-refractivity contribution is 5.77. The Morgan fingerprint density at radius 1 is 1.41 bits per heavy atom. The van der Waals surface area contributed by atoms with E-state index in [0.29, 0.717) is 12.1 Å². The van der Waals surface area contributed by atoms with E-state index in [2.05, 4.69) is 10.6 Å². The van der Waals surface area contributed by atoms with Gasteiger partial charge in [-0.05, 0) is 19.9 Å². The lowest BCUT2D eigenvalue weighted by Gasteiger charge is -2.14. The van der Waals surface area contributed by atoms with Gasteiger partial charge in [-0.25, -0.2) is 8.78 Å². The van der Waals surface area contributed by atoms with Crippen molar-refractivity contribution in [1.82, 2.24) is 10.6 Å². The molecular formula is C12H16F2N2O. The third kappa shape index (κ3) is 4.11. The summed E-state index contributed by atoms with van der Waals surface area (Å²) in [5, 5.41) is 5.49. The molecule has 94 valence electrons. The summed E-state index contributed by atoms with van der Waals surface area (Å²) in [7, 11) is 0. The lowest BCUT2D eigenvalue weighted by molar-refractivity contribution is -0.120. The Labute approximate surface area is 99.2 Å². The first-order chi connectivity index (χ1) is 8.04. The SMILES string of the molecule is CCNC(=O)CNC(C)c1ccc(F)cc1F. The molecular weight excluding hydrogens is 226 g/mol. The van der Waals surface area contributed by atoms with Gasteiger partial charge in [0.2, 0.25) is 5.91 Å². The Kier molecular flexibility index (Phi) is 5.03. The second-order valence-electron chi connectivity index (χ2n) is 3.72. The van der Waals surface area contributed by atoms with Gasteiger partial charge >= 0.3 is 0 Å². The van der Waals surface area contributed by atoms with Gasteiger partial charge in [0, 0.05) is 24.2 Å². The standard InChI is InChI=1S/C12H16F2N2O/c1-3-15-12(17)7-16-8(2)10-5-4-9(13)6-11(10)14/h4-6,8,16H,3,7H2,1-2H3,(H,15,17). The number of amides is 1. The maximum Gasteiger partial charge on any atom is 0.233 e. The molecule has 2 N–H and O–H groups in total. The number of carbonyl (C=O) groups is 1. The van der Waals surface area contributed by atoms with Crippen LogP contribution in [0.5, 0.6) is 0 Å². The highest BCUT2D eigenvalue weighted by Crippen LogP contribution is 2.17. The molecule has 5 heteroatoms. The zero-order chi connectivity index (χ0) is 12.8. The minimum Gasteiger partial charge on any atom is -0.355 e. The van der Waals surface area contributed by atoms with Gasteiger partial charge in [-0.2, -0.15) is 0 Å².